The van der Waals surface area contributed by atoms with Gasteiger partial charge in [0.1, 0.15) is 11.6 Å². The van der Waals surface area contributed by atoms with Crippen LogP contribution in [0.5, 0.6) is 10.9 Å². The van der Waals surface area contributed by atoms with Crippen LogP contribution in [0.3, 0.4) is 0 Å². The van der Waals surface area contributed by atoms with Crippen molar-refractivity contribution in [1.82, 2.24) is 9.36 Å². The van der Waals surface area contributed by atoms with Gasteiger partial charge in [-0.25, -0.2) is 0 Å². The fraction of sp³-hybridized carbons (Fsp3) is 0.273. The van der Waals surface area contributed by atoms with Gasteiger partial charge in [0.15, 0.2) is 0 Å². The molecule has 0 amide bonds. The van der Waals surface area contributed by atoms with E-state index in [0.717, 1.165) is 22.5 Å². The molecular formula is C11H11BrN2OS. The van der Waals surface area contributed by atoms with Gasteiger partial charge in [-0.1, -0.05) is 13.0 Å². The molecule has 84 valence electrons. The number of ether oxygens (including phenoxy) is 1. The molecule has 0 radical (unpaired) electrons. The summed E-state index contributed by atoms with van der Waals surface area (Å²) in [7, 11) is 0. The van der Waals surface area contributed by atoms with Gasteiger partial charge >= 0.3 is 0 Å². The van der Waals surface area contributed by atoms with E-state index in [9.17, 15) is 0 Å². The fourth-order valence-electron chi connectivity index (χ4n) is 1.21. The van der Waals surface area contributed by atoms with Crippen LogP contribution < -0.4 is 4.74 Å². The van der Waals surface area contributed by atoms with Crippen molar-refractivity contribution in [1.29, 1.82) is 0 Å². The third kappa shape index (κ3) is 2.59. The molecule has 0 unspecified atom stereocenters. The third-order valence-corrected chi connectivity index (χ3v) is 3.30. The SMILES string of the molecule is CCc1nsc(Oc2ccc(C)cc2Br)n1. The second-order valence-corrected chi connectivity index (χ2v) is 4.93. The first-order valence-electron chi connectivity index (χ1n) is 4.95. The summed E-state index contributed by atoms with van der Waals surface area (Å²) < 4.78 is 10.7. The van der Waals surface area contributed by atoms with E-state index < -0.39 is 0 Å². The standard InChI is InChI=1S/C11H11BrN2OS/c1-3-10-13-11(16-14-10)15-9-5-4-7(2)6-8(9)12/h4-6H,3H2,1-2H3. The summed E-state index contributed by atoms with van der Waals surface area (Å²) in [5.41, 5.74) is 1.19. The highest BCUT2D eigenvalue weighted by atomic mass is 79.9. The Morgan fingerprint density at radius 1 is 1.44 bits per heavy atom. The van der Waals surface area contributed by atoms with Crippen LogP contribution in [0.25, 0.3) is 0 Å². The van der Waals surface area contributed by atoms with Crippen LogP contribution in [0.1, 0.15) is 18.3 Å². The first-order valence-corrected chi connectivity index (χ1v) is 6.52. The van der Waals surface area contributed by atoms with Crippen LogP contribution in [-0.4, -0.2) is 9.36 Å². The summed E-state index contributed by atoms with van der Waals surface area (Å²) in [6.45, 7) is 4.06. The van der Waals surface area contributed by atoms with Crippen LogP contribution in [0.4, 0.5) is 0 Å². The highest BCUT2D eigenvalue weighted by Crippen LogP contribution is 2.31. The molecule has 0 aliphatic rings. The van der Waals surface area contributed by atoms with Gasteiger partial charge in [0.25, 0.3) is 5.19 Å². The summed E-state index contributed by atoms with van der Waals surface area (Å²) in [6.07, 6.45) is 0.828. The zero-order chi connectivity index (χ0) is 11.5. The summed E-state index contributed by atoms with van der Waals surface area (Å²) in [4.78, 5) is 4.25. The van der Waals surface area contributed by atoms with E-state index in [-0.39, 0.29) is 0 Å². The number of hydrogen-bond acceptors (Lipinski definition) is 4. The van der Waals surface area contributed by atoms with E-state index in [1.54, 1.807) is 0 Å². The van der Waals surface area contributed by atoms with Gasteiger partial charge in [0.05, 0.1) is 4.47 Å². The average molecular weight is 299 g/mol. The van der Waals surface area contributed by atoms with Crippen molar-refractivity contribution < 1.29 is 4.74 Å². The van der Waals surface area contributed by atoms with Crippen molar-refractivity contribution in [3.63, 3.8) is 0 Å². The molecule has 0 bridgehead atoms. The lowest BCUT2D eigenvalue weighted by Gasteiger charge is -2.04. The Labute approximate surface area is 107 Å². The molecule has 0 aliphatic heterocycles. The first-order chi connectivity index (χ1) is 7.69. The minimum absolute atomic E-state index is 0.585. The zero-order valence-electron chi connectivity index (χ0n) is 9.03. The quantitative estimate of drug-likeness (QED) is 0.860. The Morgan fingerprint density at radius 3 is 2.88 bits per heavy atom. The predicted molar refractivity (Wildman–Crippen MR) is 68.2 cm³/mol. The van der Waals surface area contributed by atoms with Gasteiger partial charge < -0.3 is 4.74 Å². The van der Waals surface area contributed by atoms with Crippen molar-refractivity contribution in [3.8, 4) is 10.9 Å². The van der Waals surface area contributed by atoms with E-state index in [4.69, 9.17) is 4.74 Å². The van der Waals surface area contributed by atoms with E-state index in [1.165, 1.54) is 17.1 Å². The van der Waals surface area contributed by atoms with Gasteiger partial charge in [-0.3, -0.25) is 0 Å². The van der Waals surface area contributed by atoms with Gasteiger partial charge in [0.2, 0.25) is 0 Å². The Hall–Kier alpha value is -0.940. The maximum atomic E-state index is 5.64. The molecular weight excluding hydrogens is 288 g/mol. The molecule has 5 heteroatoms. The van der Waals surface area contributed by atoms with Crippen molar-refractivity contribution in [3.05, 3.63) is 34.1 Å². The maximum Gasteiger partial charge on any atom is 0.298 e. The van der Waals surface area contributed by atoms with E-state index >= 15 is 0 Å². The number of hydrogen-bond donors (Lipinski definition) is 0. The fourth-order valence-corrected chi connectivity index (χ4v) is 2.41. The summed E-state index contributed by atoms with van der Waals surface area (Å²) in [6, 6.07) is 5.94. The van der Waals surface area contributed by atoms with Gasteiger partial charge in [-0.15, -0.1) is 0 Å². The predicted octanol–water partition coefficient (Wildman–Crippen LogP) is 3.96. The molecule has 0 N–H and O–H groups in total. The zero-order valence-corrected chi connectivity index (χ0v) is 11.4. The third-order valence-electron chi connectivity index (χ3n) is 2.05. The number of aryl methyl sites for hydroxylation is 2. The Balaban J connectivity index is 2.20. The number of rotatable bonds is 3. The smallest absolute Gasteiger partial charge is 0.298 e. The monoisotopic (exact) mass is 298 g/mol. The van der Waals surface area contributed by atoms with Gasteiger partial charge in [0, 0.05) is 18.0 Å². The summed E-state index contributed by atoms with van der Waals surface area (Å²) in [5, 5.41) is 0.585. The maximum absolute atomic E-state index is 5.64. The summed E-state index contributed by atoms with van der Waals surface area (Å²) in [5.74, 6) is 1.59. The molecule has 0 saturated carbocycles. The van der Waals surface area contributed by atoms with Crippen LogP contribution >= 0.6 is 27.5 Å². The molecule has 1 aromatic heterocycles. The molecule has 0 fully saturated rings. The molecule has 2 aromatic rings. The molecule has 0 saturated heterocycles. The lowest BCUT2D eigenvalue weighted by molar-refractivity contribution is 0.474. The largest absolute Gasteiger partial charge is 0.429 e. The van der Waals surface area contributed by atoms with Crippen molar-refractivity contribution >= 4 is 27.5 Å². The molecule has 0 spiro atoms. The van der Waals surface area contributed by atoms with Gasteiger partial charge in [-0.05, 0) is 40.5 Å². The number of halogens is 1. The molecule has 0 atom stereocenters. The molecule has 16 heavy (non-hydrogen) atoms. The molecule has 1 heterocycles. The number of benzene rings is 1. The van der Waals surface area contributed by atoms with Crippen molar-refractivity contribution in [2.45, 2.75) is 20.3 Å². The Morgan fingerprint density at radius 2 is 2.25 bits per heavy atom. The highest BCUT2D eigenvalue weighted by Gasteiger charge is 2.07. The van der Waals surface area contributed by atoms with E-state index in [0.29, 0.717) is 5.19 Å². The molecule has 2 rings (SSSR count). The van der Waals surface area contributed by atoms with Gasteiger partial charge in [-0.2, -0.15) is 9.36 Å². The Kier molecular flexibility index (Phi) is 3.56. The van der Waals surface area contributed by atoms with Crippen molar-refractivity contribution in [2.75, 3.05) is 0 Å². The molecule has 1 aromatic carbocycles. The minimum Gasteiger partial charge on any atom is -0.429 e. The lowest BCUT2D eigenvalue weighted by Crippen LogP contribution is -1.87. The van der Waals surface area contributed by atoms with Crippen LogP contribution in [-0.2, 0) is 6.42 Å². The van der Waals surface area contributed by atoms with Crippen LogP contribution in [0.15, 0.2) is 22.7 Å². The van der Waals surface area contributed by atoms with Crippen LogP contribution in [0, 0.1) is 6.92 Å². The Bertz CT molecular complexity index is 498. The van der Waals surface area contributed by atoms with Crippen molar-refractivity contribution in [2.24, 2.45) is 0 Å². The minimum atomic E-state index is 0.585. The molecule has 0 aliphatic carbocycles. The number of aromatic nitrogens is 2. The topological polar surface area (TPSA) is 35.0 Å². The highest BCUT2D eigenvalue weighted by molar-refractivity contribution is 9.10. The normalized spacial score (nSPS) is 10.4. The average Bonchev–Trinajstić information content (AvgIpc) is 2.70. The molecule has 3 nitrogen and oxygen atoms in total. The second-order valence-electron chi connectivity index (χ2n) is 3.37. The van der Waals surface area contributed by atoms with Crippen LogP contribution in [0.2, 0.25) is 0 Å². The summed E-state index contributed by atoms with van der Waals surface area (Å²) >= 11 is 4.74. The lowest BCUT2D eigenvalue weighted by atomic mass is 10.2. The first kappa shape index (κ1) is 11.5. The second kappa shape index (κ2) is 4.93. The van der Waals surface area contributed by atoms with E-state index in [2.05, 4.69) is 25.3 Å². The number of nitrogens with zero attached hydrogens (tertiary/aromatic N) is 2. The van der Waals surface area contributed by atoms with E-state index in [1.807, 2.05) is 32.0 Å².